The highest BCUT2D eigenvalue weighted by Gasteiger charge is 2.49. The first-order chi connectivity index (χ1) is 21.5. The fourth-order valence-corrected chi connectivity index (χ4v) is 11.8. The minimum Gasteiger partial charge on any atom is -0.497 e. The Labute approximate surface area is 285 Å². The van der Waals surface area contributed by atoms with Crippen LogP contribution in [0.3, 0.4) is 0 Å². The predicted molar refractivity (Wildman–Crippen MR) is 196 cm³/mol. The van der Waals surface area contributed by atoms with Crippen LogP contribution in [-0.2, 0) is 23.1 Å². The molecular formula is C38H70O6Si2. The van der Waals surface area contributed by atoms with Crippen molar-refractivity contribution in [3.8, 4) is 5.75 Å². The van der Waals surface area contributed by atoms with Gasteiger partial charge in [0.1, 0.15) is 12.0 Å². The summed E-state index contributed by atoms with van der Waals surface area (Å²) in [6.45, 7) is 31.8. The highest BCUT2D eigenvalue weighted by molar-refractivity contribution is 6.74. The van der Waals surface area contributed by atoms with Crippen molar-refractivity contribution < 1.29 is 27.9 Å². The fraction of sp³-hybridized carbons (Fsp3) is 0.816. The van der Waals surface area contributed by atoms with Gasteiger partial charge < -0.3 is 27.9 Å². The third-order valence-electron chi connectivity index (χ3n) is 11.9. The molecule has 1 saturated heterocycles. The van der Waals surface area contributed by atoms with Crippen LogP contribution in [0.1, 0.15) is 108 Å². The van der Waals surface area contributed by atoms with Crippen LogP contribution in [0.15, 0.2) is 24.3 Å². The predicted octanol–water partition coefficient (Wildman–Crippen LogP) is 10.4. The zero-order chi connectivity index (χ0) is 35.0. The molecule has 6 nitrogen and oxygen atoms in total. The summed E-state index contributed by atoms with van der Waals surface area (Å²) in [7, 11) is -2.28. The van der Waals surface area contributed by atoms with Crippen molar-refractivity contribution in [3.63, 3.8) is 0 Å². The standard InChI is InChI=1S/C38H70O6Si2/c1-16-32(27(7)34(26(6)25-39)44-46(18-3,19-4)20-5)36-29(9)35(28(8)33(17-2)43-45(14,15)38(10,11)12)41-37(42-36)30-21-23-31(40-13)24-22-30/h21-29,32-37H,16-20H2,1-15H3/t26-,27-,28-,29+,32+,33+,34+,35-,36+,37-/m0/s1. The first-order valence-electron chi connectivity index (χ1n) is 18.3. The molecule has 1 aromatic rings. The van der Waals surface area contributed by atoms with Crippen LogP contribution in [0, 0.1) is 29.6 Å². The average Bonchev–Trinajstić information content (AvgIpc) is 3.04. The normalized spacial score (nSPS) is 25.3. The number of rotatable bonds is 18. The highest BCUT2D eigenvalue weighted by Crippen LogP contribution is 2.46. The topological polar surface area (TPSA) is 63.2 Å². The van der Waals surface area contributed by atoms with Crippen LogP contribution in [0.2, 0.25) is 36.3 Å². The van der Waals surface area contributed by atoms with E-state index in [1.54, 1.807) is 7.11 Å². The van der Waals surface area contributed by atoms with Crippen molar-refractivity contribution >= 4 is 22.9 Å². The van der Waals surface area contributed by atoms with Gasteiger partial charge in [-0.15, -0.1) is 0 Å². The van der Waals surface area contributed by atoms with E-state index in [0.29, 0.717) is 0 Å². The minimum absolute atomic E-state index is 0.0694. The van der Waals surface area contributed by atoms with Crippen LogP contribution in [0.25, 0.3) is 0 Å². The van der Waals surface area contributed by atoms with Gasteiger partial charge in [0, 0.05) is 29.4 Å². The zero-order valence-corrected chi connectivity index (χ0v) is 34.1. The van der Waals surface area contributed by atoms with E-state index in [1.807, 2.05) is 19.1 Å². The average molecular weight is 679 g/mol. The van der Waals surface area contributed by atoms with Crippen LogP contribution < -0.4 is 4.74 Å². The molecule has 0 bridgehead atoms. The highest BCUT2D eigenvalue weighted by atomic mass is 28.4. The summed E-state index contributed by atoms with van der Waals surface area (Å²) < 4.78 is 33.7. The molecule has 0 spiro atoms. The van der Waals surface area contributed by atoms with Crippen LogP contribution in [-0.4, -0.2) is 54.4 Å². The molecule has 1 fully saturated rings. The maximum absolute atomic E-state index is 12.3. The van der Waals surface area contributed by atoms with Gasteiger partial charge in [-0.1, -0.05) is 102 Å². The summed E-state index contributed by atoms with van der Waals surface area (Å²) in [6.07, 6.45) is 2.23. The fourth-order valence-electron chi connectivity index (χ4n) is 7.30. The largest absolute Gasteiger partial charge is 0.497 e. The number of carbonyl (C=O) groups is 1. The van der Waals surface area contributed by atoms with Crippen LogP contribution in [0.4, 0.5) is 0 Å². The Morgan fingerprint density at radius 1 is 0.870 bits per heavy atom. The minimum atomic E-state index is -2.00. The Hall–Kier alpha value is -1.04. The summed E-state index contributed by atoms with van der Waals surface area (Å²) in [5, 5.41) is 0.123. The summed E-state index contributed by atoms with van der Waals surface area (Å²) >= 11 is 0. The number of benzene rings is 1. The molecule has 266 valence electrons. The van der Waals surface area contributed by atoms with Crippen molar-refractivity contribution in [3.05, 3.63) is 29.8 Å². The Morgan fingerprint density at radius 2 is 1.41 bits per heavy atom. The first-order valence-corrected chi connectivity index (χ1v) is 23.7. The molecule has 0 aliphatic carbocycles. The van der Waals surface area contributed by atoms with E-state index in [-0.39, 0.29) is 59.0 Å². The Balaban J connectivity index is 2.59. The van der Waals surface area contributed by atoms with E-state index < -0.39 is 22.9 Å². The third-order valence-corrected chi connectivity index (χ3v) is 21.0. The number of hydrogen-bond donors (Lipinski definition) is 0. The molecule has 1 aliphatic heterocycles. The van der Waals surface area contributed by atoms with E-state index in [9.17, 15) is 4.79 Å². The number of carbonyl (C=O) groups excluding carboxylic acids is 1. The maximum atomic E-state index is 12.3. The van der Waals surface area contributed by atoms with Gasteiger partial charge in [0.2, 0.25) is 0 Å². The lowest BCUT2D eigenvalue weighted by atomic mass is 9.73. The lowest BCUT2D eigenvalue weighted by Crippen LogP contribution is -2.54. The van der Waals surface area contributed by atoms with Gasteiger partial charge in [-0.25, -0.2) is 0 Å². The van der Waals surface area contributed by atoms with Crippen molar-refractivity contribution in [1.82, 2.24) is 0 Å². The SMILES string of the molecule is CC[C@H]([C@H](C)[C@H](O[Si](CC)(CC)CC)[C@@H](C)C=O)[C@@H]1O[C@@H](c2ccc(OC)cc2)O[C@@H]([C@@H](C)[C@@H](CC)O[Si](C)(C)C(C)(C)C)[C@H]1C. The summed E-state index contributed by atoms with van der Waals surface area (Å²) in [5.74, 6) is 1.21. The lowest BCUT2D eigenvalue weighted by Gasteiger charge is -2.50. The monoisotopic (exact) mass is 678 g/mol. The molecule has 1 heterocycles. The molecule has 2 rings (SSSR count). The molecule has 0 amide bonds. The lowest BCUT2D eigenvalue weighted by molar-refractivity contribution is -0.299. The molecule has 1 aromatic carbocycles. The number of ether oxygens (including phenoxy) is 3. The smallest absolute Gasteiger partial charge is 0.192 e. The number of aldehydes is 1. The van der Waals surface area contributed by atoms with E-state index in [4.69, 9.17) is 23.1 Å². The molecule has 46 heavy (non-hydrogen) atoms. The van der Waals surface area contributed by atoms with Crippen molar-refractivity contribution in [2.24, 2.45) is 29.6 Å². The van der Waals surface area contributed by atoms with Crippen LogP contribution in [0.5, 0.6) is 5.75 Å². The van der Waals surface area contributed by atoms with Gasteiger partial charge in [0.05, 0.1) is 25.4 Å². The van der Waals surface area contributed by atoms with Crippen molar-refractivity contribution in [2.75, 3.05) is 7.11 Å². The van der Waals surface area contributed by atoms with Gasteiger partial charge >= 0.3 is 0 Å². The molecule has 0 unspecified atom stereocenters. The number of methoxy groups -OCH3 is 1. The first kappa shape index (κ1) is 41.1. The van der Waals surface area contributed by atoms with Crippen LogP contribution >= 0.6 is 0 Å². The van der Waals surface area contributed by atoms with Crippen molar-refractivity contribution in [1.29, 1.82) is 0 Å². The molecular weight excluding hydrogens is 609 g/mol. The number of hydrogen-bond acceptors (Lipinski definition) is 6. The molecule has 0 radical (unpaired) electrons. The molecule has 8 heteroatoms. The second-order valence-electron chi connectivity index (χ2n) is 15.6. The molecule has 0 N–H and O–H groups in total. The van der Waals surface area contributed by atoms with Gasteiger partial charge in [-0.2, -0.15) is 0 Å². The quantitative estimate of drug-likeness (QED) is 0.114. The van der Waals surface area contributed by atoms with Gasteiger partial charge in [0.15, 0.2) is 22.9 Å². The Bertz CT molecular complexity index is 1030. The Kier molecular flexibility index (Phi) is 15.7. The summed E-state index contributed by atoms with van der Waals surface area (Å²) in [4.78, 5) is 12.3. The van der Waals surface area contributed by atoms with E-state index in [0.717, 1.165) is 48.6 Å². The Morgan fingerprint density at radius 3 is 1.85 bits per heavy atom. The zero-order valence-electron chi connectivity index (χ0n) is 32.1. The van der Waals surface area contributed by atoms with E-state index in [1.165, 1.54) is 0 Å². The second-order valence-corrected chi connectivity index (χ2v) is 25.1. The van der Waals surface area contributed by atoms with Gasteiger partial charge in [0.25, 0.3) is 0 Å². The molecule has 1 aliphatic rings. The molecule has 0 saturated carbocycles. The third kappa shape index (κ3) is 9.56. The van der Waals surface area contributed by atoms with Crippen molar-refractivity contribution in [2.45, 2.75) is 163 Å². The molecule has 0 aromatic heterocycles. The van der Waals surface area contributed by atoms with E-state index in [2.05, 4.69) is 101 Å². The van der Waals surface area contributed by atoms with E-state index >= 15 is 0 Å². The summed E-state index contributed by atoms with van der Waals surface area (Å²) in [5.41, 5.74) is 0.985. The molecule has 10 atom stereocenters. The maximum Gasteiger partial charge on any atom is 0.192 e. The van der Waals surface area contributed by atoms with Gasteiger partial charge in [-0.05, 0) is 66.7 Å². The second kappa shape index (κ2) is 17.6. The summed E-state index contributed by atoms with van der Waals surface area (Å²) in [6, 6.07) is 11.2. The van der Waals surface area contributed by atoms with Gasteiger partial charge in [-0.3, -0.25) is 0 Å².